The quantitative estimate of drug-likeness (QED) is 0.844. The maximum atomic E-state index is 13.6. The van der Waals surface area contributed by atoms with E-state index in [-0.39, 0.29) is 24.0 Å². The van der Waals surface area contributed by atoms with Crippen molar-refractivity contribution in [2.24, 2.45) is 0 Å². The number of nitrogens with one attached hydrogen (secondary N) is 2. The number of piperidine rings is 1. The summed E-state index contributed by atoms with van der Waals surface area (Å²) >= 11 is 3.19. The fourth-order valence-corrected chi connectivity index (χ4v) is 2.75. The molecule has 1 unspecified atom stereocenters. The van der Waals surface area contributed by atoms with Crippen molar-refractivity contribution in [2.45, 2.75) is 18.9 Å². The highest BCUT2D eigenvalue weighted by atomic mass is 79.9. The summed E-state index contributed by atoms with van der Waals surface area (Å²) in [6, 6.07) is 5.04. The maximum absolute atomic E-state index is 13.6. The predicted octanol–water partition coefficient (Wildman–Crippen LogP) is 2.63. The molecule has 0 saturated carbocycles. The number of hydrogen-bond donors (Lipinski definition) is 2. The molecule has 4 nitrogen and oxygen atoms in total. The van der Waals surface area contributed by atoms with E-state index in [0.29, 0.717) is 17.1 Å². The van der Waals surface area contributed by atoms with Crippen molar-refractivity contribution in [3.63, 3.8) is 0 Å². The van der Waals surface area contributed by atoms with E-state index in [1.54, 1.807) is 12.1 Å². The van der Waals surface area contributed by atoms with Gasteiger partial charge in [0, 0.05) is 17.1 Å². The summed E-state index contributed by atoms with van der Waals surface area (Å²) in [4.78, 5) is 14.1. The van der Waals surface area contributed by atoms with Crippen LogP contribution in [0.3, 0.4) is 0 Å². The molecule has 2 rings (SSSR count). The number of benzene rings is 1. The number of likely N-dealkylation sites (N-methyl/N-ethyl adjacent to an activating group) is 1. The summed E-state index contributed by atoms with van der Waals surface area (Å²) < 4.78 is 14.3. The van der Waals surface area contributed by atoms with E-state index in [2.05, 4.69) is 31.5 Å². The van der Waals surface area contributed by atoms with Crippen LogP contribution in [-0.4, -0.2) is 43.5 Å². The number of halogens is 3. The van der Waals surface area contributed by atoms with Gasteiger partial charge in [0.05, 0.1) is 12.2 Å². The van der Waals surface area contributed by atoms with Crippen molar-refractivity contribution in [3.05, 3.63) is 28.5 Å². The van der Waals surface area contributed by atoms with E-state index >= 15 is 0 Å². The SMILES string of the molecule is CNC1CCCN(CC(=O)Nc2ccc(Br)cc2F)C1.Cl. The van der Waals surface area contributed by atoms with Gasteiger partial charge in [0.15, 0.2) is 0 Å². The predicted molar refractivity (Wildman–Crippen MR) is 88.5 cm³/mol. The molecule has 1 heterocycles. The van der Waals surface area contributed by atoms with Crippen LogP contribution < -0.4 is 10.6 Å². The first kappa shape index (κ1) is 18.4. The fraction of sp³-hybridized carbons (Fsp3) is 0.500. The summed E-state index contributed by atoms with van der Waals surface area (Å²) in [6.45, 7) is 2.06. The van der Waals surface area contributed by atoms with Gasteiger partial charge in [-0.15, -0.1) is 12.4 Å². The molecule has 118 valence electrons. The van der Waals surface area contributed by atoms with E-state index in [9.17, 15) is 9.18 Å². The molecule has 2 N–H and O–H groups in total. The number of carbonyl (C=O) groups is 1. The normalized spacial score (nSPS) is 18.9. The fourth-order valence-electron chi connectivity index (χ4n) is 2.42. The highest BCUT2D eigenvalue weighted by molar-refractivity contribution is 9.10. The van der Waals surface area contributed by atoms with Gasteiger partial charge in [-0.2, -0.15) is 0 Å². The molecule has 1 aromatic rings. The van der Waals surface area contributed by atoms with Crippen LogP contribution >= 0.6 is 28.3 Å². The van der Waals surface area contributed by atoms with Gasteiger partial charge in [0.2, 0.25) is 5.91 Å². The molecule has 1 aromatic carbocycles. The van der Waals surface area contributed by atoms with Gasteiger partial charge in [0.1, 0.15) is 5.82 Å². The van der Waals surface area contributed by atoms with E-state index in [1.165, 1.54) is 6.07 Å². The molecule has 0 spiro atoms. The third-order valence-electron chi connectivity index (χ3n) is 3.49. The summed E-state index contributed by atoms with van der Waals surface area (Å²) in [7, 11) is 1.94. The van der Waals surface area contributed by atoms with E-state index in [0.717, 1.165) is 25.9 Å². The topological polar surface area (TPSA) is 44.4 Å². The largest absolute Gasteiger partial charge is 0.322 e. The van der Waals surface area contributed by atoms with E-state index in [1.807, 2.05) is 7.05 Å². The minimum atomic E-state index is -0.431. The summed E-state index contributed by atoms with van der Waals surface area (Å²) in [5.74, 6) is -0.609. The Morgan fingerprint density at radius 2 is 2.29 bits per heavy atom. The molecule has 0 aliphatic carbocycles. The van der Waals surface area contributed by atoms with Crippen LogP contribution in [0, 0.1) is 5.82 Å². The first-order valence-corrected chi connectivity index (χ1v) is 7.52. The monoisotopic (exact) mass is 379 g/mol. The van der Waals surface area contributed by atoms with Crippen LogP contribution in [0.4, 0.5) is 10.1 Å². The molecule has 1 aliphatic heterocycles. The Kier molecular flexibility index (Phi) is 7.59. The standard InChI is InChI=1S/C14H19BrFN3O.ClH/c1-17-11-3-2-6-19(8-11)9-14(20)18-13-5-4-10(15)7-12(13)16;/h4-5,7,11,17H,2-3,6,8-9H2,1H3,(H,18,20);1H. The third-order valence-corrected chi connectivity index (χ3v) is 3.98. The lowest BCUT2D eigenvalue weighted by atomic mass is 10.1. The average Bonchev–Trinajstić information content (AvgIpc) is 2.42. The van der Waals surface area contributed by atoms with Gasteiger partial charge < -0.3 is 10.6 Å². The van der Waals surface area contributed by atoms with Gasteiger partial charge in [-0.25, -0.2) is 4.39 Å². The molecule has 1 saturated heterocycles. The van der Waals surface area contributed by atoms with Crippen LogP contribution in [-0.2, 0) is 4.79 Å². The Labute approximate surface area is 139 Å². The molecule has 0 bridgehead atoms. The van der Waals surface area contributed by atoms with Crippen molar-refractivity contribution >= 4 is 39.9 Å². The highest BCUT2D eigenvalue weighted by Gasteiger charge is 2.20. The van der Waals surface area contributed by atoms with Crippen molar-refractivity contribution < 1.29 is 9.18 Å². The zero-order valence-corrected chi connectivity index (χ0v) is 14.3. The molecule has 1 atom stereocenters. The second-order valence-corrected chi connectivity index (χ2v) is 5.95. The van der Waals surface area contributed by atoms with Crippen molar-refractivity contribution in [1.82, 2.24) is 10.2 Å². The molecular weight excluding hydrogens is 361 g/mol. The first-order chi connectivity index (χ1) is 9.58. The molecular formula is C14H20BrClFN3O. The molecule has 0 radical (unpaired) electrons. The summed E-state index contributed by atoms with van der Waals surface area (Å²) in [5, 5.41) is 5.85. The second kappa shape index (κ2) is 8.68. The maximum Gasteiger partial charge on any atom is 0.238 e. The van der Waals surface area contributed by atoms with Crippen LogP contribution in [0.1, 0.15) is 12.8 Å². The number of carbonyl (C=O) groups excluding carboxylic acids is 1. The first-order valence-electron chi connectivity index (χ1n) is 6.73. The smallest absolute Gasteiger partial charge is 0.238 e. The number of hydrogen-bond acceptors (Lipinski definition) is 3. The molecule has 1 fully saturated rings. The lowest BCUT2D eigenvalue weighted by Gasteiger charge is -2.31. The van der Waals surface area contributed by atoms with Crippen LogP contribution in [0.2, 0.25) is 0 Å². The Morgan fingerprint density at radius 3 is 2.95 bits per heavy atom. The highest BCUT2D eigenvalue weighted by Crippen LogP contribution is 2.19. The van der Waals surface area contributed by atoms with Gasteiger partial charge in [-0.05, 0) is 44.6 Å². The van der Waals surface area contributed by atoms with Crippen LogP contribution in [0.25, 0.3) is 0 Å². The summed E-state index contributed by atoms with van der Waals surface area (Å²) in [6.07, 6.45) is 2.21. The Morgan fingerprint density at radius 1 is 1.52 bits per heavy atom. The number of nitrogens with zero attached hydrogens (tertiary/aromatic N) is 1. The van der Waals surface area contributed by atoms with Crippen molar-refractivity contribution in [2.75, 3.05) is 32.0 Å². The molecule has 1 amide bonds. The number of amides is 1. The van der Waals surface area contributed by atoms with E-state index < -0.39 is 5.82 Å². The van der Waals surface area contributed by atoms with Crippen molar-refractivity contribution in [1.29, 1.82) is 0 Å². The van der Waals surface area contributed by atoms with Crippen LogP contribution in [0.5, 0.6) is 0 Å². The molecule has 21 heavy (non-hydrogen) atoms. The Balaban J connectivity index is 0.00000220. The number of rotatable bonds is 4. The Hall–Kier alpha value is -0.690. The van der Waals surface area contributed by atoms with Crippen molar-refractivity contribution in [3.8, 4) is 0 Å². The lowest BCUT2D eigenvalue weighted by Crippen LogP contribution is -2.46. The number of anilines is 1. The van der Waals surface area contributed by atoms with E-state index in [4.69, 9.17) is 0 Å². The van der Waals surface area contributed by atoms with Gasteiger partial charge >= 0.3 is 0 Å². The van der Waals surface area contributed by atoms with Gasteiger partial charge in [-0.3, -0.25) is 9.69 Å². The number of likely N-dealkylation sites (tertiary alicyclic amines) is 1. The van der Waals surface area contributed by atoms with Crippen LogP contribution in [0.15, 0.2) is 22.7 Å². The molecule has 7 heteroatoms. The minimum Gasteiger partial charge on any atom is -0.322 e. The second-order valence-electron chi connectivity index (χ2n) is 5.04. The summed E-state index contributed by atoms with van der Waals surface area (Å²) in [5.41, 5.74) is 0.223. The molecule has 0 aromatic heterocycles. The average molecular weight is 381 g/mol. The zero-order chi connectivity index (χ0) is 14.5. The Bertz CT molecular complexity index is 489. The zero-order valence-electron chi connectivity index (χ0n) is 11.9. The third kappa shape index (κ3) is 5.54. The molecule has 1 aliphatic rings. The van der Waals surface area contributed by atoms with Gasteiger partial charge in [0.25, 0.3) is 0 Å². The van der Waals surface area contributed by atoms with Gasteiger partial charge in [-0.1, -0.05) is 15.9 Å². The lowest BCUT2D eigenvalue weighted by molar-refractivity contribution is -0.117. The minimum absolute atomic E-state index is 0.